The molecule has 1 aromatic heterocycles. The Morgan fingerprint density at radius 1 is 1.38 bits per heavy atom. The van der Waals surface area contributed by atoms with Gasteiger partial charge in [0.25, 0.3) is 0 Å². The monoisotopic (exact) mass is 374 g/mol. The molecule has 5 nitrogen and oxygen atoms in total. The maximum atomic E-state index is 14.9. The second kappa shape index (κ2) is 7.29. The highest BCUT2D eigenvalue weighted by atomic mass is 32.1. The molecule has 3 rings (SSSR count). The minimum atomic E-state index is -0.893. The van der Waals surface area contributed by atoms with E-state index in [1.807, 2.05) is 17.5 Å². The van der Waals surface area contributed by atoms with Gasteiger partial charge in [0.05, 0.1) is 18.7 Å². The van der Waals surface area contributed by atoms with Gasteiger partial charge in [0.15, 0.2) is 0 Å². The molecule has 2 amide bonds. The molecule has 1 unspecified atom stereocenters. The summed E-state index contributed by atoms with van der Waals surface area (Å²) in [6.45, 7) is 3.86. The molecule has 1 atom stereocenters. The highest BCUT2D eigenvalue weighted by Gasteiger charge is 2.36. The molecule has 0 spiro atoms. The quantitative estimate of drug-likeness (QED) is 0.820. The summed E-state index contributed by atoms with van der Waals surface area (Å²) in [5, 5.41) is 4.64. The summed E-state index contributed by atoms with van der Waals surface area (Å²) in [5.74, 6) is -1.08. The molecule has 1 aliphatic heterocycles. The van der Waals surface area contributed by atoms with Gasteiger partial charge in [-0.25, -0.2) is 14.0 Å². The number of esters is 1. The van der Waals surface area contributed by atoms with Gasteiger partial charge in [-0.2, -0.15) is 0 Å². The van der Waals surface area contributed by atoms with Crippen molar-refractivity contribution in [2.75, 3.05) is 13.7 Å². The molecule has 2 heterocycles. The zero-order chi connectivity index (χ0) is 18.8. The number of methoxy groups -OCH3 is 1. The van der Waals surface area contributed by atoms with Crippen molar-refractivity contribution in [3.8, 4) is 10.4 Å². The maximum absolute atomic E-state index is 14.9. The molecule has 26 heavy (non-hydrogen) atoms. The molecule has 0 radical (unpaired) electrons. The minimum Gasteiger partial charge on any atom is -0.466 e. The van der Waals surface area contributed by atoms with Crippen LogP contribution in [0.4, 0.5) is 9.18 Å². The lowest BCUT2D eigenvalue weighted by molar-refractivity contribution is -0.136. The van der Waals surface area contributed by atoms with Gasteiger partial charge in [0, 0.05) is 22.7 Å². The van der Waals surface area contributed by atoms with Crippen molar-refractivity contribution < 1.29 is 18.7 Å². The highest BCUT2D eigenvalue weighted by molar-refractivity contribution is 7.13. The lowest BCUT2D eigenvalue weighted by atomic mass is 9.93. The van der Waals surface area contributed by atoms with Crippen molar-refractivity contribution in [3.63, 3.8) is 0 Å². The molecule has 1 N–H and O–H groups in total. The van der Waals surface area contributed by atoms with Crippen LogP contribution in [0, 0.1) is 5.82 Å². The molecule has 0 saturated carbocycles. The van der Waals surface area contributed by atoms with Crippen LogP contribution >= 0.6 is 11.3 Å². The zero-order valence-electron chi connectivity index (χ0n) is 14.7. The van der Waals surface area contributed by atoms with Crippen LogP contribution in [0.25, 0.3) is 10.4 Å². The van der Waals surface area contributed by atoms with Crippen molar-refractivity contribution in [3.05, 3.63) is 58.4 Å². The Bertz CT molecular complexity index is 877. The van der Waals surface area contributed by atoms with Crippen LogP contribution in [0.3, 0.4) is 0 Å². The predicted molar refractivity (Wildman–Crippen MR) is 98.1 cm³/mol. The first kappa shape index (κ1) is 18.1. The summed E-state index contributed by atoms with van der Waals surface area (Å²) in [4.78, 5) is 27.0. The van der Waals surface area contributed by atoms with Crippen LogP contribution in [-0.2, 0) is 9.53 Å². The molecule has 136 valence electrons. The lowest BCUT2D eigenvalue weighted by Gasteiger charge is -2.34. The first-order valence-corrected chi connectivity index (χ1v) is 9.06. The third-order valence-corrected chi connectivity index (χ3v) is 5.35. The summed E-state index contributed by atoms with van der Waals surface area (Å²) in [7, 11) is 1.27. The van der Waals surface area contributed by atoms with Crippen molar-refractivity contribution >= 4 is 23.3 Å². The standard InChI is InChI=1S/C19H19FN2O3S/c1-4-22-11(2)16(18(23)25-3)17(21-19(22)24)13-8-7-12(10-14(13)20)15-6-5-9-26-15/h5-10,17H,4H2,1-3H3,(H,21,24). The smallest absolute Gasteiger partial charge is 0.337 e. The number of amides is 2. The van der Waals surface area contributed by atoms with Crippen LogP contribution in [0.2, 0.25) is 0 Å². The van der Waals surface area contributed by atoms with Gasteiger partial charge in [-0.15, -0.1) is 11.3 Å². The van der Waals surface area contributed by atoms with E-state index in [4.69, 9.17) is 4.74 Å². The fraction of sp³-hybridized carbons (Fsp3) is 0.263. The molecule has 1 aliphatic rings. The maximum Gasteiger partial charge on any atom is 0.337 e. The normalized spacial score (nSPS) is 17.3. The lowest BCUT2D eigenvalue weighted by Crippen LogP contribution is -2.48. The fourth-order valence-electron chi connectivity index (χ4n) is 3.13. The number of ether oxygens (including phenoxy) is 1. The largest absolute Gasteiger partial charge is 0.466 e. The van der Waals surface area contributed by atoms with Gasteiger partial charge in [-0.3, -0.25) is 4.90 Å². The average Bonchev–Trinajstić information content (AvgIpc) is 3.15. The van der Waals surface area contributed by atoms with Crippen molar-refractivity contribution in [2.45, 2.75) is 19.9 Å². The van der Waals surface area contributed by atoms with Gasteiger partial charge in [-0.05, 0) is 36.9 Å². The van der Waals surface area contributed by atoms with E-state index in [9.17, 15) is 14.0 Å². The van der Waals surface area contributed by atoms with Crippen LogP contribution in [0.15, 0.2) is 47.0 Å². The molecule has 0 bridgehead atoms. The third-order valence-electron chi connectivity index (χ3n) is 4.43. The Balaban J connectivity index is 2.08. The van der Waals surface area contributed by atoms with Gasteiger partial charge in [0.1, 0.15) is 5.82 Å². The summed E-state index contributed by atoms with van der Waals surface area (Å²) in [5.41, 5.74) is 1.68. The zero-order valence-corrected chi connectivity index (χ0v) is 15.5. The second-order valence-corrected chi connectivity index (χ2v) is 6.78. The molecule has 0 fully saturated rings. The average molecular weight is 374 g/mol. The van der Waals surface area contributed by atoms with Crippen molar-refractivity contribution in [2.24, 2.45) is 0 Å². The Labute approximate surface area is 155 Å². The Hall–Kier alpha value is -2.67. The third kappa shape index (κ3) is 3.10. The van der Waals surface area contributed by atoms with Crippen LogP contribution < -0.4 is 5.32 Å². The number of carbonyl (C=O) groups excluding carboxylic acids is 2. The van der Waals surface area contributed by atoms with Crippen LogP contribution in [0.1, 0.15) is 25.5 Å². The van der Waals surface area contributed by atoms with Gasteiger partial charge >= 0.3 is 12.0 Å². The summed E-state index contributed by atoms with van der Waals surface area (Å²) >= 11 is 1.51. The van der Waals surface area contributed by atoms with E-state index in [-0.39, 0.29) is 17.2 Å². The first-order valence-electron chi connectivity index (χ1n) is 8.18. The van der Waals surface area contributed by atoms with E-state index in [1.54, 1.807) is 26.0 Å². The van der Waals surface area contributed by atoms with Gasteiger partial charge in [0.2, 0.25) is 0 Å². The van der Waals surface area contributed by atoms with E-state index in [2.05, 4.69) is 5.32 Å². The first-order chi connectivity index (χ1) is 12.5. The van der Waals surface area contributed by atoms with E-state index in [0.29, 0.717) is 12.2 Å². The highest BCUT2D eigenvalue weighted by Crippen LogP contribution is 2.34. The van der Waals surface area contributed by atoms with Gasteiger partial charge in [-0.1, -0.05) is 18.2 Å². The molecule has 7 heteroatoms. The topological polar surface area (TPSA) is 58.6 Å². The number of allylic oxidation sites excluding steroid dienone is 1. The number of hydrogen-bond donors (Lipinski definition) is 1. The van der Waals surface area contributed by atoms with Crippen molar-refractivity contribution in [1.82, 2.24) is 10.2 Å². The number of nitrogens with one attached hydrogen (secondary N) is 1. The van der Waals surface area contributed by atoms with Crippen LogP contribution in [-0.4, -0.2) is 30.6 Å². The molecular weight excluding hydrogens is 355 g/mol. The van der Waals surface area contributed by atoms with E-state index in [0.717, 1.165) is 10.4 Å². The number of rotatable bonds is 4. The Morgan fingerprint density at radius 3 is 2.73 bits per heavy atom. The molecule has 0 saturated heterocycles. The molecule has 1 aromatic carbocycles. The van der Waals surface area contributed by atoms with Crippen molar-refractivity contribution in [1.29, 1.82) is 0 Å². The number of carbonyl (C=O) groups is 2. The molecular formula is C19H19FN2O3S. The summed E-state index contributed by atoms with van der Waals surface area (Å²) in [6.07, 6.45) is 0. The number of urea groups is 1. The van der Waals surface area contributed by atoms with Gasteiger partial charge < -0.3 is 10.1 Å². The molecule has 2 aromatic rings. The summed E-state index contributed by atoms with van der Waals surface area (Å²) in [6, 6.07) is 7.35. The van der Waals surface area contributed by atoms with E-state index >= 15 is 0 Å². The number of thiophene rings is 1. The number of hydrogen-bond acceptors (Lipinski definition) is 4. The fourth-order valence-corrected chi connectivity index (χ4v) is 3.85. The Kier molecular flexibility index (Phi) is 5.08. The minimum absolute atomic E-state index is 0.231. The molecule has 0 aliphatic carbocycles. The van der Waals surface area contributed by atoms with E-state index < -0.39 is 17.8 Å². The van der Waals surface area contributed by atoms with Crippen LogP contribution in [0.5, 0.6) is 0 Å². The summed E-state index contributed by atoms with van der Waals surface area (Å²) < 4.78 is 19.7. The number of halogens is 1. The predicted octanol–water partition coefficient (Wildman–Crippen LogP) is 4.09. The number of nitrogens with zero attached hydrogens (tertiary/aromatic N) is 1. The second-order valence-electron chi connectivity index (χ2n) is 5.83. The van der Waals surface area contributed by atoms with E-state index in [1.165, 1.54) is 29.4 Å². The SMILES string of the molecule is CCN1C(=O)NC(c2ccc(-c3cccs3)cc2F)C(C(=O)OC)=C1C. The number of benzene rings is 1. The Morgan fingerprint density at radius 2 is 2.15 bits per heavy atom.